The number of methoxy groups -OCH3 is 1. The fourth-order valence-electron chi connectivity index (χ4n) is 4.03. The van der Waals surface area contributed by atoms with Gasteiger partial charge in [-0.3, -0.25) is 9.59 Å². The topological polar surface area (TPSA) is 61.9 Å². The van der Waals surface area contributed by atoms with E-state index < -0.39 is 6.04 Å². The number of rotatable bonds is 8. The number of ether oxygens (including phenoxy) is 1. The van der Waals surface area contributed by atoms with Crippen molar-refractivity contribution < 1.29 is 14.3 Å². The Morgan fingerprint density at radius 2 is 1.78 bits per heavy atom. The van der Waals surface area contributed by atoms with E-state index in [2.05, 4.69) is 42.3 Å². The molecule has 0 bridgehead atoms. The van der Waals surface area contributed by atoms with E-state index >= 15 is 0 Å². The maximum absolute atomic E-state index is 13.3. The third-order valence-corrected chi connectivity index (χ3v) is 6.72. The van der Waals surface area contributed by atoms with Crippen LogP contribution in [0.3, 0.4) is 0 Å². The Hall–Kier alpha value is -2.67. The summed E-state index contributed by atoms with van der Waals surface area (Å²) in [5, 5.41) is 2.96. The number of thioether (sulfide) groups is 1. The highest BCUT2D eigenvalue weighted by Gasteiger charge is 2.29. The molecule has 6 nitrogen and oxygen atoms in total. The molecule has 1 saturated heterocycles. The first-order valence-electron chi connectivity index (χ1n) is 11.0. The number of benzene rings is 2. The zero-order valence-corrected chi connectivity index (χ0v) is 20.2. The molecule has 3 rings (SSSR count). The molecule has 32 heavy (non-hydrogen) atoms. The van der Waals surface area contributed by atoms with Crippen molar-refractivity contribution >= 4 is 29.3 Å². The van der Waals surface area contributed by atoms with Gasteiger partial charge in [0, 0.05) is 31.9 Å². The van der Waals surface area contributed by atoms with E-state index in [1.165, 1.54) is 23.9 Å². The number of carbonyl (C=O) groups is 2. The van der Waals surface area contributed by atoms with Crippen LogP contribution in [0, 0.1) is 13.8 Å². The van der Waals surface area contributed by atoms with Gasteiger partial charge in [-0.05, 0) is 61.6 Å². The standard InChI is InChI=1S/C25H33N3O3S/c1-18-8-7-10-22(19(18)2)27-13-15-28(16-14-27)25(30)21(12-17-32-4)26-24(29)20-9-5-6-11-23(20)31-3/h5-11,21H,12-17H2,1-4H3,(H,26,29). The summed E-state index contributed by atoms with van der Waals surface area (Å²) in [6.45, 7) is 7.13. The number of para-hydroxylation sites is 1. The van der Waals surface area contributed by atoms with Crippen molar-refractivity contribution in [2.45, 2.75) is 26.3 Å². The van der Waals surface area contributed by atoms with Gasteiger partial charge in [0.2, 0.25) is 5.91 Å². The van der Waals surface area contributed by atoms with Crippen LogP contribution in [0.1, 0.15) is 27.9 Å². The minimum absolute atomic E-state index is 0.0112. The van der Waals surface area contributed by atoms with Crippen LogP contribution in [0.2, 0.25) is 0 Å². The Morgan fingerprint density at radius 1 is 1.06 bits per heavy atom. The molecule has 0 aromatic heterocycles. The van der Waals surface area contributed by atoms with Crippen molar-refractivity contribution in [1.29, 1.82) is 0 Å². The highest BCUT2D eigenvalue weighted by Crippen LogP contribution is 2.24. The molecule has 2 aromatic rings. The van der Waals surface area contributed by atoms with E-state index in [4.69, 9.17) is 4.74 Å². The number of amides is 2. The van der Waals surface area contributed by atoms with Gasteiger partial charge in [0.25, 0.3) is 5.91 Å². The van der Waals surface area contributed by atoms with Gasteiger partial charge in [-0.15, -0.1) is 0 Å². The fraction of sp³-hybridized carbons (Fsp3) is 0.440. The highest BCUT2D eigenvalue weighted by molar-refractivity contribution is 7.98. The van der Waals surface area contributed by atoms with Gasteiger partial charge in [0.05, 0.1) is 12.7 Å². The van der Waals surface area contributed by atoms with Crippen LogP contribution in [0.25, 0.3) is 0 Å². The second-order valence-electron chi connectivity index (χ2n) is 8.04. The van der Waals surface area contributed by atoms with E-state index in [9.17, 15) is 9.59 Å². The lowest BCUT2D eigenvalue weighted by Gasteiger charge is -2.38. The molecule has 1 heterocycles. The van der Waals surface area contributed by atoms with Crippen LogP contribution >= 0.6 is 11.8 Å². The molecule has 0 spiro atoms. The zero-order chi connectivity index (χ0) is 23.1. The molecular weight excluding hydrogens is 422 g/mol. The van der Waals surface area contributed by atoms with Gasteiger partial charge >= 0.3 is 0 Å². The van der Waals surface area contributed by atoms with Crippen LogP contribution in [-0.2, 0) is 4.79 Å². The third-order valence-electron chi connectivity index (χ3n) is 6.07. The van der Waals surface area contributed by atoms with Crippen LogP contribution in [-0.4, -0.2) is 68.1 Å². The van der Waals surface area contributed by atoms with Gasteiger partial charge in [-0.2, -0.15) is 11.8 Å². The molecule has 0 saturated carbocycles. The highest BCUT2D eigenvalue weighted by atomic mass is 32.2. The molecule has 1 fully saturated rings. The van der Waals surface area contributed by atoms with E-state index in [1.54, 1.807) is 30.0 Å². The molecule has 2 aromatic carbocycles. The van der Waals surface area contributed by atoms with Crippen LogP contribution < -0.4 is 15.0 Å². The number of hydrogen-bond acceptors (Lipinski definition) is 5. The molecule has 1 atom stereocenters. The summed E-state index contributed by atoms with van der Waals surface area (Å²) in [5.41, 5.74) is 4.24. The molecule has 7 heteroatoms. The SMILES string of the molecule is COc1ccccc1C(=O)NC(CCSC)C(=O)N1CCN(c2cccc(C)c2C)CC1. The van der Waals surface area contributed by atoms with Gasteiger partial charge in [-0.25, -0.2) is 0 Å². The smallest absolute Gasteiger partial charge is 0.255 e. The Kier molecular flexibility index (Phi) is 8.45. The first kappa shape index (κ1) is 24.0. The second-order valence-corrected chi connectivity index (χ2v) is 9.02. The van der Waals surface area contributed by atoms with E-state index in [0.29, 0.717) is 30.8 Å². The summed E-state index contributed by atoms with van der Waals surface area (Å²) in [6, 6.07) is 12.9. The number of aryl methyl sites for hydroxylation is 1. The number of hydrogen-bond donors (Lipinski definition) is 1. The number of anilines is 1. The van der Waals surface area contributed by atoms with Gasteiger partial charge in [0.15, 0.2) is 0 Å². The Labute approximate surface area is 195 Å². The molecule has 172 valence electrons. The Balaban J connectivity index is 1.67. The number of nitrogens with one attached hydrogen (secondary N) is 1. The predicted octanol–water partition coefficient (Wildman–Crippen LogP) is 3.51. The van der Waals surface area contributed by atoms with Crippen molar-refractivity contribution in [2.24, 2.45) is 0 Å². The number of nitrogens with zero attached hydrogens (tertiary/aromatic N) is 2. The molecular formula is C25H33N3O3S. The average molecular weight is 456 g/mol. The number of carbonyl (C=O) groups excluding carboxylic acids is 2. The summed E-state index contributed by atoms with van der Waals surface area (Å²) < 4.78 is 5.31. The van der Waals surface area contributed by atoms with E-state index in [-0.39, 0.29) is 11.8 Å². The summed E-state index contributed by atoms with van der Waals surface area (Å²) in [4.78, 5) is 30.5. The quantitative estimate of drug-likeness (QED) is 0.660. The average Bonchev–Trinajstić information content (AvgIpc) is 2.83. The van der Waals surface area contributed by atoms with Crippen LogP contribution in [0.4, 0.5) is 5.69 Å². The van der Waals surface area contributed by atoms with Crippen molar-refractivity contribution in [1.82, 2.24) is 10.2 Å². The minimum Gasteiger partial charge on any atom is -0.496 e. The largest absolute Gasteiger partial charge is 0.496 e. The molecule has 1 unspecified atom stereocenters. The minimum atomic E-state index is -0.549. The Morgan fingerprint density at radius 3 is 2.47 bits per heavy atom. The predicted molar refractivity (Wildman–Crippen MR) is 132 cm³/mol. The van der Waals surface area contributed by atoms with Gasteiger partial charge in [-0.1, -0.05) is 24.3 Å². The molecule has 1 aliphatic rings. The third kappa shape index (κ3) is 5.57. The molecule has 0 radical (unpaired) electrons. The lowest BCUT2D eigenvalue weighted by atomic mass is 10.1. The summed E-state index contributed by atoms with van der Waals surface area (Å²) >= 11 is 1.67. The van der Waals surface area contributed by atoms with Crippen molar-refractivity contribution in [3.05, 3.63) is 59.2 Å². The zero-order valence-electron chi connectivity index (χ0n) is 19.4. The van der Waals surface area contributed by atoms with Crippen molar-refractivity contribution in [2.75, 3.05) is 50.2 Å². The maximum Gasteiger partial charge on any atom is 0.255 e. The molecule has 2 amide bonds. The molecule has 1 N–H and O–H groups in total. The monoisotopic (exact) mass is 455 g/mol. The van der Waals surface area contributed by atoms with Crippen molar-refractivity contribution in [3.63, 3.8) is 0 Å². The molecule has 1 aliphatic heterocycles. The second kappa shape index (κ2) is 11.3. The summed E-state index contributed by atoms with van der Waals surface area (Å²) in [7, 11) is 1.54. The normalized spacial score (nSPS) is 14.8. The summed E-state index contributed by atoms with van der Waals surface area (Å²) in [5.74, 6) is 1.01. The maximum atomic E-state index is 13.3. The Bertz CT molecular complexity index is 942. The first-order chi connectivity index (χ1) is 15.5. The van der Waals surface area contributed by atoms with Crippen molar-refractivity contribution in [3.8, 4) is 5.75 Å². The summed E-state index contributed by atoms with van der Waals surface area (Å²) in [6.07, 6.45) is 2.60. The van der Waals surface area contributed by atoms with Crippen LogP contribution in [0.5, 0.6) is 5.75 Å². The lowest BCUT2D eigenvalue weighted by Crippen LogP contribution is -2.55. The lowest BCUT2D eigenvalue weighted by molar-refractivity contribution is -0.133. The van der Waals surface area contributed by atoms with E-state index in [1.807, 2.05) is 17.2 Å². The fourth-order valence-corrected chi connectivity index (χ4v) is 4.50. The van der Waals surface area contributed by atoms with Gasteiger partial charge in [0.1, 0.15) is 11.8 Å². The molecule has 0 aliphatic carbocycles. The number of piperazine rings is 1. The van der Waals surface area contributed by atoms with E-state index in [0.717, 1.165) is 18.8 Å². The van der Waals surface area contributed by atoms with Crippen LogP contribution in [0.15, 0.2) is 42.5 Å². The first-order valence-corrected chi connectivity index (χ1v) is 12.4. The van der Waals surface area contributed by atoms with Gasteiger partial charge < -0.3 is 19.9 Å².